The molecule has 2 rings (SSSR count). The van der Waals surface area contributed by atoms with Crippen LogP contribution in [-0.4, -0.2) is 27.0 Å². The van der Waals surface area contributed by atoms with E-state index in [-0.39, 0.29) is 5.91 Å². The van der Waals surface area contributed by atoms with Crippen LogP contribution in [0.5, 0.6) is 0 Å². The van der Waals surface area contributed by atoms with Gasteiger partial charge >= 0.3 is 5.97 Å². The number of aliphatic carboxylic acids is 1. The minimum absolute atomic E-state index is 0.325. The third kappa shape index (κ3) is 3.74. The van der Waals surface area contributed by atoms with Gasteiger partial charge in [-0.3, -0.25) is 14.8 Å². The van der Waals surface area contributed by atoms with E-state index in [1.165, 1.54) is 18.5 Å². The van der Waals surface area contributed by atoms with Crippen LogP contribution in [0.3, 0.4) is 0 Å². The van der Waals surface area contributed by atoms with E-state index in [0.29, 0.717) is 16.8 Å². The van der Waals surface area contributed by atoms with Crippen LogP contribution in [0, 0.1) is 0 Å². The number of carboxylic acids is 1. The summed E-state index contributed by atoms with van der Waals surface area (Å²) in [5.41, 5.74) is 1.50. The molecular formula is C14H11N3O3. The van der Waals surface area contributed by atoms with Crippen molar-refractivity contribution in [2.24, 2.45) is 0 Å². The van der Waals surface area contributed by atoms with E-state index in [1.54, 1.807) is 30.6 Å². The molecule has 2 aromatic rings. The first-order valence-electron chi connectivity index (χ1n) is 5.72. The summed E-state index contributed by atoms with van der Waals surface area (Å²) in [6.07, 6.45) is 8.39. The fourth-order valence-corrected chi connectivity index (χ4v) is 1.48. The summed E-state index contributed by atoms with van der Waals surface area (Å²) >= 11 is 0. The highest BCUT2D eigenvalue weighted by Gasteiger charge is 2.06. The number of carbonyl (C=O) groups is 2. The molecular weight excluding hydrogens is 258 g/mol. The number of hydrogen-bond donors (Lipinski definition) is 2. The Morgan fingerprint density at radius 1 is 1.15 bits per heavy atom. The van der Waals surface area contributed by atoms with E-state index in [0.717, 1.165) is 6.08 Å². The number of nitrogens with zero attached hydrogens (tertiary/aromatic N) is 2. The van der Waals surface area contributed by atoms with Gasteiger partial charge in [0.2, 0.25) is 0 Å². The van der Waals surface area contributed by atoms with Crippen LogP contribution in [0.1, 0.15) is 15.9 Å². The number of nitrogens with one attached hydrogen (secondary N) is 1. The molecule has 0 spiro atoms. The zero-order valence-electron chi connectivity index (χ0n) is 10.4. The van der Waals surface area contributed by atoms with Crippen molar-refractivity contribution < 1.29 is 14.7 Å². The first kappa shape index (κ1) is 13.4. The molecule has 0 fully saturated rings. The van der Waals surface area contributed by atoms with Gasteiger partial charge in [0.1, 0.15) is 0 Å². The summed E-state index contributed by atoms with van der Waals surface area (Å²) in [5, 5.41) is 11.2. The van der Waals surface area contributed by atoms with Crippen molar-refractivity contribution in [3.8, 4) is 0 Å². The van der Waals surface area contributed by atoms with E-state index in [2.05, 4.69) is 15.3 Å². The van der Waals surface area contributed by atoms with Crippen LogP contribution in [0.15, 0.2) is 49.1 Å². The molecule has 2 N–H and O–H groups in total. The summed E-state index contributed by atoms with van der Waals surface area (Å²) < 4.78 is 0. The Kier molecular flexibility index (Phi) is 4.18. The zero-order valence-corrected chi connectivity index (χ0v) is 10.4. The highest BCUT2D eigenvalue weighted by Crippen LogP contribution is 2.09. The van der Waals surface area contributed by atoms with Gasteiger partial charge in [0.15, 0.2) is 0 Å². The van der Waals surface area contributed by atoms with Crippen molar-refractivity contribution >= 4 is 23.6 Å². The Morgan fingerprint density at radius 3 is 2.60 bits per heavy atom. The van der Waals surface area contributed by atoms with Gasteiger partial charge in [0.25, 0.3) is 5.91 Å². The Hall–Kier alpha value is -3.02. The van der Waals surface area contributed by atoms with Gasteiger partial charge in [-0.1, -0.05) is 0 Å². The molecule has 20 heavy (non-hydrogen) atoms. The molecule has 1 amide bonds. The summed E-state index contributed by atoms with van der Waals surface area (Å²) in [6, 6.07) is 4.89. The lowest BCUT2D eigenvalue weighted by atomic mass is 10.2. The smallest absolute Gasteiger partial charge is 0.328 e. The molecule has 100 valence electrons. The second kappa shape index (κ2) is 6.24. The number of rotatable bonds is 4. The third-order valence-corrected chi connectivity index (χ3v) is 2.38. The average molecular weight is 269 g/mol. The van der Waals surface area contributed by atoms with Crippen molar-refractivity contribution in [3.05, 3.63) is 60.2 Å². The first-order chi connectivity index (χ1) is 9.65. The Morgan fingerprint density at radius 2 is 1.90 bits per heavy atom. The zero-order chi connectivity index (χ0) is 14.4. The molecule has 0 saturated carbocycles. The van der Waals surface area contributed by atoms with Crippen molar-refractivity contribution in [2.75, 3.05) is 5.32 Å². The Labute approximate surface area is 114 Å². The molecule has 2 heterocycles. The first-order valence-corrected chi connectivity index (χ1v) is 5.72. The van der Waals surface area contributed by atoms with Crippen molar-refractivity contribution in [1.29, 1.82) is 0 Å². The fraction of sp³-hybridized carbons (Fsp3) is 0. The summed E-state index contributed by atoms with van der Waals surface area (Å²) in [7, 11) is 0. The summed E-state index contributed by atoms with van der Waals surface area (Å²) in [6.45, 7) is 0. The number of pyridine rings is 2. The van der Waals surface area contributed by atoms with Crippen molar-refractivity contribution in [1.82, 2.24) is 9.97 Å². The maximum Gasteiger partial charge on any atom is 0.328 e. The van der Waals surface area contributed by atoms with Crippen LogP contribution >= 0.6 is 0 Å². The highest BCUT2D eigenvalue weighted by molar-refractivity contribution is 6.04. The monoisotopic (exact) mass is 269 g/mol. The summed E-state index contributed by atoms with van der Waals surface area (Å²) in [5.74, 6) is -1.38. The SMILES string of the molecule is O=C(O)C=Cc1cncc(C(=O)Nc2ccncc2)c1. The maximum atomic E-state index is 12.0. The molecule has 6 nitrogen and oxygen atoms in total. The topological polar surface area (TPSA) is 92.2 Å². The van der Waals surface area contributed by atoms with Gasteiger partial charge in [-0.2, -0.15) is 0 Å². The lowest BCUT2D eigenvalue weighted by molar-refractivity contribution is -0.131. The number of carboxylic acid groups (broad SMARTS) is 1. The minimum Gasteiger partial charge on any atom is -0.478 e. The van der Waals surface area contributed by atoms with E-state index in [9.17, 15) is 9.59 Å². The van der Waals surface area contributed by atoms with E-state index in [1.807, 2.05) is 0 Å². The number of aromatic nitrogens is 2. The van der Waals surface area contributed by atoms with Gasteiger partial charge in [0.05, 0.1) is 5.56 Å². The molecule has 0 radical (unpaired) electrons. The average Bonchev–Trinajstić information content (AvgIpc) is 2.46. The molecule has 0 aliphatic heterocycles. The summed E-state index contributed by atoms with van der Waals surface area (Å²) in [4.78, 5) is 30.2. The van der Waals surface area contributed by atoms with Gasteiger partial charge in [-0.15, -0.1) is 0 Å². The third-order valence-electron chi connectivity index (χ3n) is 2.38. The molecule has 0 aliphatic rings. The number of amides is 1. The number of hydrogen-bond acceptors (Lipinski definition) is 4. The van der Waals surface area contributed by atoms with E-state index >= 15 is 0 Å². The van der Waals surface area contributed by atoms with Crippen molar-refractivity contribution in [2.45, 2.75) is 0 Å². The maximum absolute atomic E-state index is 12.0. The molecule has 0 aromatic carbocycles. The molecule has 0 atom stereocenters. The Balaban J connectivity index is 2.14. The van der Waals surface area contributed by atoms with E-state index in [4.69, 9.17) is 5.11 Å². The predicted octanol–water partition coefficient (Wildman–Crippen LogP) is 1.83. The predicted molar refractivity (Wildman–Crippen MR) is 73.1 cm³/mol. The standard InChI is InChI=1S/C14H11N3O3/c18-13(19)2-1-10-7-11(9-16-8-10)14(20)17-12-3-5-15-6-4-12/h1-9H,(H,18,19)(H,15,17,20). The largest absolute Gasteiger partial charge is 0.478 e. The Bertz CT molecular complexity index is 654. The van der Waals surface area contributed by atoms with Gasteiger partial charge in [-0.25, -0.2) is 4.79 Å². The molecule has 2 aromatic heterocycles. The lowest BCUT2D eigenvalue weighted by Gasteiger charge is -2.04. The number of anilines is 1. The van der Waals surface area contributed by atoms with Crippen LogP contribution in [-0.2, 0) is 4.79 Å². The quantitative estimate of drug-likeness (QED) is 0.826. The molecule has 0 bridgehead atoms. The van der Waals surface area contributed by atoms with Crippen LogP contribution < -0.4 is 5.32 Å². The molecule has 0 aliphatic carbocycles. The molecule has 6 heteroatoms. The second-order valence-corrected chi connectivity index (χ2v) is 3.87. The highest BCUT2D eigenvalue weighted by atomic mass is 16.4. The molecule has 0 saturated heterocycles. The van der Waals surface area contributed by atoms with Gasteiger partial charge in [0, 0.05) is 36.6 Å². The van der Waals surface area contributed by atoms with Crippen molar-refractivity contribution in [3.63, 3.8) is 0 Å². The van der Waals surface area contributed by atoms with Gasteiger partial charge in [-0.05, 0) is 29.8 Å². The molecule has 0 unspecified atom stereocenters. The minimum atomic E-state index is -1.06. The number of carbonyl (C=O) groups excluding carboxylic acids is 1. The second-order valence-electron chi connectivity index (χ2n) is 3.87. The van der Waals surface area contributed by atoms with Crippen LogP contribution in [0.4, 0.5) is 5.69 Å². The lowest BCUT2D eigenvalue weighted by Crippen LogP contribution is -2.12. The van der Waals surface area contributed by atoms with Gasteiger partial charge < -0.3 is 10.4 Å². The van der Waals surface area contributed by atoms with Crippen LogP contribution in [0.2, 0.25) is 0 Å². The normalized spacial score (nSPS) is 10.4. The van der Waals surface area contributed by atoms with Crippen LogP contribution in [0.25, 0.3) is 6.08 Å². The van der Waals surface area contributed by atoms with E-state index < -0.39 is 5.97 Å². The fourth-order valence-electron chi connectivity index (χ4n) is 1.48.